The third kappa shape index (κ3) is 46.3. The summed E-state index contributed by atoms with van der Waals surface area (Å²) in [5.74, 6) is -0.827. The average Bonchev–Trinajstić information content (AvgIpc) is 3.25. The summed E-state index contributed by atoms with van der Waals surface area (Å²) in [5, 5.41) is 16.5. The Labute approximate surface area is 435 Å². The van der Waals surface area contributed by atoms with Gasteiger partial charge in [0, 0.05) is 22.7 Å². The predicted octanol–water partition coefficient (Wildman–Crippen LogP) is 14.8. The Balaban J connectivity index is -0.000000595. The summed E-state index contributed by atoms with van der Waals surface area (Å²) in [6, 6.07) is 0. The molecule has 69 heavy (non-hydrogen) atoms. The Hall–Kier alpha value is -2.57. The molecule has 0 saturated carbocycles. The van der Waals surface area contributed by atoms with Crippen LogP contribution in [0.5, 0.6) is 0 Å². The zero-order chi connectivity index (χ0) is 50.7. The van der Waals surface area contributed by atoms with Crippen molar-refractivity contribution in [3.63, 3.8) is 0 Å². The van der Waals surface area contributed by atoms with Crippen molar-refractivity contribution in [1.82, 2.24) is 0 Å². The number of carbonyl (C=O) groups excluding carboxylic acids is 1. The monoisotopic (exact) mass is 997 g/mol. The van der Waals surface area contributed by atoms with Crippen molar-refractivity contribution in [2.24, 2.45) is 10.2 Å². The molecular weight excluding hydrogens is 896 g/mol. The number of esters is 1. The van der Waals surface area contributed by atoms with Crippen LogP contribution >= 0.6 is 0 Å². The molecule has 0 aromatic rings. The van der Waals surface area contributed by atoms with E-state index in [2.05, 4.69) is 141 Å². The molecule has 0 bridgehead atoms. The summed E-state index contributed by atoms with van der Waals surface area (Å²) in [6.45, 7) is 23.3. The number of hydrogen-bond acceptors (Lipinski definition) is 8. The van der Waals surface area contributed by atoms with Gasteiger partial charge in [-0.25, -0.2) is 0 Å². The molecule has 0 amide bonds. The maximum absolute atomic E-state index is 11.0. The van der Waals surface area contributed by atoms with Gasteiger partial charge in [-0.05, 0) is 163 Å². The number of unbranched alkanes of at least 4 members (excludes halogenated alkanes) is 16. The molecule has 0 aromatic heterocycles. The van der Waals surface area contributed by atoms with Crippen LogP contribution in [-0.2, 0) is 23.2 Å². The van der Waals surface area contributed by atoms with Crippen molar-refractivity contribution in [3.8, 4) is 0 Å². The van der Waals surface area contributed by atoms with Gasteiger partial charge in [0.25, 0.3) is 0 Å². The topological polar surface area (TPSA) is 210 Å². The summed E-state index contributed by atoms with van der Waals surface area (Å²) < 4.78 is 17.6. The average molecular weight is 998 g/mol. The molecule has 0 fully saturated rings. The number of hydrogen-bond donors (Lipinski definition) is 1. The van der Waals surface area contributed by atoms with Crippen LogP contribution in [0, 0.1) is 0 Å². The van der Waals surface area contributed by atoms with Gasteiger partial charge in [-0.1, -0.05) is 139 Å². The summed E-state index contributed by atoms with van der Waals surface area (Å²) in [4.78, 5) is 27.3. The number of carboxylic acid groups (broad SMARTS) is 1. The van der Waals surface area contributed by atoms with E-state index in [-0.39, 0.29) is 59.0 Å². The van der Waals surface area contributed by atoms with Crippen molar-refractivity contribution in [1.29, 1.82) is 0 Å². The van der Waals surface area contributed by atoms with Gasteiger partial charge in [0.1, 0.15) is 0 Å². The van der Waals surface area contributed by atoms with Crippen LogP contribution in [-0.4, -0.2) is 71.6 Å². The molecule has 2 N–H and O–H groups in total. The SMILES string of the molecule is CC(C)(C)[Si](C)(C)O[C@@H](CCC/C=C\CCCCCCC/C=C\CCCC(=O)O)CN=[N+]=[N-].COC(=O)CCC/C=C\CCCCCCC/C=C\CCC[C@@H](CN=[N+]=[N-])O[Si](C)(C)C(C)(C)C.[Li+].[OH-]. The molecular formula is C53H101LiN6O7Si2. The Kier molecular flexibility index (Phi) is 49.2. The smallest absolute Gasteiger partial charge is 0.870 e. The molecule has 0 saturated heterocycles. The fourth-order valence-electron chi connectivity index (χ4n) is 6.63. The molecule has 0 spiro atoms. The van der Waals surface area contributed by atoms with Gasteiger partial charge in [0.15, 0.2) is 16.6 Å². The second kappa shape index (κ2) is 46.5. The van der Waals surface area contributed by atoms with Gasteiger partial charge < -0.3 is 24.2 Å². The van der Waals surface area contributed by atoms with Gasteiger partial charge in [0.05, 0.1) is 32.4 Å². The van der Waals surface area contributed by atoms with Crippen LogP contribution in [0.25, 0.3) is 20.9 Å². The molecule has 2 atom stereocenters. The van der Waals surface area contributed by atoms with E-state index >= 15 is 0 Å². The molecule has 13 nitrogen and oxygen atoms in total. The molecule has 0 radical (unpaired) electrons. The minimum atomic E-state index is -1.86. The molecule has 0 aliphatic carbocycles. The van der Waals surface area contributed by atoms with Crippen LogP contribution in [0.4, 0.5) is 0 Å². The van der Waals surface area contributed by atoms with Crippen molar-refractivity contribution in [2.75, 3.05) is 20.2 Å². The van der Waals surface area contributed by atoms with Gasteiger partial charge in [-0.2, -0.15) is 0 Å². The Bertz CT molecular complexity index is 1490. The number of carboxylic acids is 1. The van der Waals surface area contributed by atoms with E-state index in [1.807, 2.05) is 0 Å². The molecule has 0 unspecified atom stereocenters. The first kappa shape index (κ1) is 73.0. The van der Waals surface area contributed by atoms with Crippen molar-refractivity contribution >= 4 is 28.6 Å². The summed E-state index contributed by atoms with van der Waals surface area (Å²) in [7, 11) is -2.27. The van der Waals surface area contributed by atoms with E-state index in [9.17, 15) is 9.59 Å². The van der Waals surface area contributed by atoms with Crippen LogP contribution in [0.3, 0.4) is 0 Å². The zero-order valence-electron chi connectivity index (χ0n) is 46.2. The minimum absolute atomic E-state index is 0. The van der Waals surface area contributed by atoms with Crippen molar-refractivity contribution in [3.05, 3.63) is 69.5 Å². The van der Waals surface area contributed by atoms with E-state index in [0.717, 1.165) is 89.9 Å². The fourth-order valence-corrected chi connectivity index (χ4v) is 9.39. The second-order valence-corrected chi connectivity index (χ2v) is 30.5. The van der Waals surface area contributed by atoms with Crippen molar-refractivity contribution < 1.29 is 52.6 Å². The van der Waals surface area contributed by atoms with Crippen LogP contribution < -0.4 is 18.9 Å². The molecule has 0 aliphatic heterocycles. The van der Waals surface area contributed by atoms with E-state index < -0.39 is 22.6 Å². The molecule has 0 heterocycles. The normalized spacial score (nSPS) is 13.0. The quantitative estimate of drug-likeness (QED) is 0.0119. The number of allylic oxidation sites excluding steroid dienone is 8. The summed E-state index contributed by atoms with van der Waals surface area (Å²) in [5.41, 5.74) is 17.4. The number of carbonyl (C=O) groups is 2. The van der Waals surface area contributed by atoms with E-state index in [1.165, 1.54) is 71.3 Å². The fraction of sp³-hybridized carbons (Fsp3) is 0.811. The first-order chi connectivity index (χ1) is 31.7. The number of rotatable bonds is 40. The number of aliphatic carboxylic acids is 1. The maximum Gasteiger partial charge on any atom is 1.00 e. The van der Waals surface area contributed by atoms with Crippen LogP contribution in [0.1, 0.15) is 208 Å². The predicted molar refractivity (Wildman–Crippen MR) is 290 cm³/mol. The number of ether oxygens (including phenoxy) is 1. The van der Waals surface area contributed by atoms with Gasteiger partial charge in [-0.15, -0.1) is 0 Å². The Morgan fingerprint density at radius 1 is 0.522 bits per heavy atom. The zero-order valence-corrected chi connectivity index (χ0v) is 48.2. The third-order valence-electron chi connectivity index (χ3n) is 12.9. The van der Waals surface area contributed by atoms with E-state index in [1.54, 1.807) is 0 Å². The molecule has 16 heteroatoms. The Morgan fingerprint density at radius 2 is 0.797 bits per heavy atom. The van der Waals surface area contributed by atoms with Gasteiger partial charge >= 0.3 is 30.8 Å². The van der Waals surface area contributed by atoms with Gasteiger partial charge in [0.2, 0.25) is 0 Å². The Morgan fingerprint density at radius 3 is 1.07 bits per heavy atom. The maximum atomic E-state index is 11.0. The molecule has 394 valence electrons. The minimum Gasteiger partial charge on any atom is -0.870 e. The largest absolute Gasteiger partial charge is 1.00 e. The van der Waals surface area contributed by atoms with E-state index in [4.69, 9.17) is 25.0 Å². The first-order valence-electron chi connectivity index (χ1n) is 26.0. The summed E-state index contributed by atoms with van der Waals surface area (Å²) >= 11 is 0. The van der Waals surface area contributed by atoms with Crippen molar-refractivity contribution in [2.45, 2.75) is 257 Å². The molecule has 0 rings (SSSR count). The van der Waals surface area contributed by atoms with Gasteiger partial charge in [-0.3, -0.25) is 9.59 Å². The second-order valence-electron chi connectivity index (χ2n) is 21.0. The van der Waals surface area contributed by atoms with Crippen LogP contribution in [0.15, 0.2) is 58.8 Å². The standard InChI is InChI=1S/C27H51N3O3Si.C26H49N3O3Si.Li.H2O/c1-27(2,3)34(5,6)33-25(24-29-30-28)22-20-18-16-14-12-10-8-7-9-11-13-15-17-19-21-23-26(31)32-4;1-26(2,3)33(4,5)32-24(23-28-29-27)21-19-17-15-13-11-9-7-6-8-10-12-14-16-18-20-22-25(30)31;;/h14-17,25H,7-13,18-24H2,1-6H3;13-16,24H,6-12,17-23H2,1-5H3,(H,30,31);;1H2/q;;+1;/p-1/b16-14-,17-15-;15-13-,16-14-;;/t25-;24-;;/m00../s1. The molecule has 0 aromatic carbocycles. The van der Waals surface area contributed by atoms with Crippen LogP contribution in [0.2, 0.25) is 36.3 Å². The number of nitrogens with zero attached hydrogens (tertiary/aromatic N) is 6. The first-order valence-corrected chi connectivity index (χ1v) is 31.8. The number of methoxy groups -OCH3 is 1. The molecule has 0 aliphatic rings. The van der Waals surface area contributed by atoms with E-state index in [0.29, 0.717) is 19.5 Å². The third-order valence-corrected chi connectivity index (χ3v) is 22.0. The number of azide groups is 2. The summed E-state index contributed by atoms with van der Waals surface area (Å²) in [6.07, 6.45) is 45.5.